The monoisotopic (exact) mass is 222 g/mol. The molecule has 0 aliphatic rings. The SMILES string of the molecule is Cc1nc(C(=O)NCc2cccs2)n[nH]1. The smallest absolute Gasteiger partial charge is 0.291 e. The number of carbonyl (C=O) groups is 1. The minimum Gasteiger partial charge on any atom is -0.344 e. The molecule has 0 unspecified atom stereocenters. The Bertz CT molecular complexity index is 448. The zero-order chi connectivity index (χ0) is 10.7. The van der Waals surface area contributed by atoms with E-state index in [9.17, 15) is 4.79 Å². The lowest BCUT2D eigenvalue weighted by atomic mass is 10.4. The Morgan fingerprint density at radius 2 is 2.53 bits per heavy atom. The third-order valence-electron chi connectivity index (χ3n) is 1.80. The molecule has 6 heteroatoms. The number of hydrogen-bond acceptors (Lipinski definition) is 4. The molecule has 15 heavy (non-hydrogen) atoms. The molecule has 0 aromatic carbocycles. The maximum atomic E-state index is 11.5. The topological polar surface area (TPSA) is 70.7 Å². The second kappa shape index (κ2) is 4.22. The van der Waals surface area contributed by atoms with Gasteiger partial charge in [-0.1, -0.05) is 6.07 Å². The van der Waals surface area contributed by atoms with E-state index in [4.69, 9.17) is 0 Å². The summed E-state index contributed by atoms with van der Waals surface area (Å²) >= 11 is 1.60. The predicted molar refractivity (Wildman–Crippen MR) is 56.6 cm³/mol. The number of hydrogen-bond donors (Lipinski definition) is 2. The van der Waals surface area contributed by atoms with E-state index in [0.29, 0.717) is 12.4 Å². The number of thiophene rings is 1. The van der Waals surface area contributed by atoms with Crippen LogP contribution in [0.15, 0.2) is 17.5 Å². The summed E-state index contributed by atoms with van der Waals surface area (Å²) in [7, 11) is 0. The lowest BCUT2D eigenvalue weighted by Crippen LogP contribution is -2.23. The standard InChI is InChI=1S/C9H10N4OS/c1-6-11-8(13-12-6)9(14)10-5-7-3-2-4-15-7/h2-4H,5H2,1H3,(H,10,14)(H,11,12,13). The molecular weight excluding hydrogens is 212 g/mol. The van der Waals surface area contributed by atoms with Crippen LogP contribution in [0, 0.1) is 6.92 Å². The van der Waals surface area contributed by atoms with Crippen LogP contribution in [0.2, 0.25) is 0 Å². The molecule has 0 fully saturated rings. The van der Waals surface area contributed by atoms with Crippen LogP contribution in [-0.2, 0) is 6.54 Å². The van der Waals surface area contributed by atoms with Crippen LogP contribution in [-0.4, -0.2) is 21.1 Å². The Labute approximate surface area is 90.6 Å². The quantitative estimate of drug-likeness (QED) is 0.817. The summed E-state index contributed by atoms with van der Waals surface area (Å²) in [4.78, 5) is 16.5. The second-order valence-corrected chi connectivity index (χ2v) is 4.04. The molecule has 5 nitrogen and oxygen atoms in total. The first-order valence-electron chi connectivity index (χ1n) is 4.45. The van der Waals surface area contributed by atoms with Crippen molar-refractivity contribution in [1.82, 2.24) is 20.5 Å². The average Bonchev–Trinajstić information content (AvgIpc) is 2.84. The van der Waals surface area contributed by atoms with E-state index in [2.05, 4.69) is 20.5 Å². The maximum absolute atomic E-state index is 11.5. The first-order chi connectivity index (χ1) is 7.25. The number of rotatable bonds is 3. The van der Waals surface area contributed by atoms with Gasteiger partial charge in [0.2, 0.25) is 5.82 Å². The van der Waals surface area contributed by atoms with Crippen molar-refractivity contribution in [2.75, 3.05) is 0 Å². The van der Waals surface area contributed by atoms with Crippen molar-refractivity contribution in [1.29, 1.82) is 0 Å². The Morgan fingerprint density at radius 1 is 1.67 bits per heavy atom. The van der Waals surface area contributed by atoms with Crippen molar-refractivity contribution in [3.05, 3.63) is 34.0 Å². The number of nitrogens with zero attached hydrogens (tertiary/aromatic N) is 2. The van der Waals surface area contributed by atoms with E-state index < -0.39 is 0 Å². The molecule has 2 aromatic heterocycles. The van der Waals surface area contributed by atoms with Crippen LogP contribution >= 0.6 is 11.3 Å². The molecule has 2 heterocycles. The number of aromatic amines is 1. The highest BCUT2D eigenvalue weighted by atomic mass is 32.1. The van der Waals surface area contributed by atoms with Gasteiger partial charge in [0.25, 0.3) is 5.91 Å². The second-order valence-electron chi connectivity index (χ2n) is 3.01. The molecule has 0 saturated heterocycles. The average molecular weight is 222 g/mol. The molecule has 0 radical (unpaired) electrons. The van der Waals surface area contributed by atoms with Crippen LogP contribution in [0.3, 0.4) is 0 Å². The summed E-state index contributed by atoms with van der Waals surface area (Å²) in [6.45, 7) is 2.27. The van der Waals surface area contributed by atoms with Crippen LogP contribution in [0.4, 0.5) is 0 Å². The summed E-state index contributed by atoms with van der Waals surface area (Å²) < 4.78 is 0. The van der Waals surface area contributed by atoms with Gasteiger partial charge in [-0.15, -0.1) is 16.4 Å². The lowest BCUT2D eigenvalue weighted by Gasteiger charge is -1.98. The van der Waals surface area contributed by atoms with E-state index in [0.717, 1.165) is 4.88 Å². The van der Waals surface area contributed by atoms with E-state index in [1.807, 2.05) is 17.5 Å². The number of amides is 1. The fourth-order valence-electron chi connectivity index (χ4n) is 1.10. The Balaban J connectivity index is 1.93. The highest BCUT2D eigenvalue weighted by molar-refractivity contribution is 7.09. The Morgan fingerprint density at radius 3 is 3.13 bits per heavy atom. The molecule has 0 aliphatic carbocycles. The van der Waals surface area contributed by atoms with Crippen LogP contribution in [0.25, 0.3) is 0 Å². The largest absolute Gasteiger partial charge is 0.344 e. The van der Waals surface area contributed by atoms with Gasteiger partial charge in [0.15, 0.2) is 0 Å². The van der Waals surface area contributed by atoms with E-state index in [1.54, 1.807) is 18.3 Å². The fraction of sp³-hybridized carbons (Fsp3) is 0.222. The minimum absolute atomic E-state index is 0.184. The molecule has 0 bridgehead atoms. The van der Waals surface area contributed by atoms with Crippen LogP contribution < -0.4 is 5.32 Å². The summed E-state index contributed by atoms with van der Waals surface area (Å²) in [5.74, 6) is 0.563. The molecule has 0 spiro atoms. The van der Waals surface area contributed by atoms with Crippen molar-refractivity contribution in [3.8, 4) is 0 Å². The highest BCUT2D eigenvalue weighted by Crippen LogP contribution is 2.07. The van der Waals surface area contributed by atoms with Gasteiger partial charge >= 0.3 is 0 Å². The van der Waals surface area contributed by atoms with E-state index >= 15 is 0 Å². The minimum atomic E-state index is -0.257. The van der Waals surface area contributed by atoms with Crippen LogP contribution in [0.1, 0.15) is 21.3 Å². The molecule has 1 amide bonds. The highest BCUT2D eigenvalue weighted by Gasteiger charge is 2.10. The van der Waals surface area contributed by atoms with Gasteiger partial charge in [0, 0.05) is 4.88 Å². The Kier molecular flexibility index (Phi) is 2.77. The molecule has 0 aliphatic heterocycles. The zero-order valence-corrected chi connectivity index (χ0v) is 8.97. The molecule has 2 N–H and O–H groups in total. The molecular formula is C9H10N4OS. The summed E-state index contributed by atoms with van der Waals surface area (Å²) in [5.41, 5.74) is 0. The molecule has 78 valence electrons. The summed E-state index contributed by atoms with van der Waals surface area (Å²) in [5, 5.41) is 11.1. The van der Waals surface area contributed by atoms with Gasteiger partial charge < -0.3 is 5.32 Å². The summed E-state index contributed by atoms with van der Waals surface area (Å²) in [6, 6.07) is 3.91. The number of nitrogens with one attached hydrogen (secondary N) is 2. The fourth-order valence-corrected chi connectivity index (χ4v) is 1.75. The van der Waals surface area contributed by atoms with Crippen molar-refractivity contribution in [2.45, 2.75) is 13.5 Å². The van der Waals surface area contributed by atoms with Gasteiger partial charge in [-0.2, -0.15) is 0 Å². The summed E-state index contributed by atoms with van der Waals surface area (Å²) in [6.07, 6.45) is 0. The van der Waals surface area contributed by atoms with Gasteiger partial charge in [-0.3, -0.25) is 9.89 Å². The third-order valence-corrected chi connectivity index (χ3v) is 2.68. The first-order valence-corrected chi connectivity index (χ1v) is 5.33. The molecule has 0 saturated carbocycles. The van der Waals surface area contributed by atoms with Gasteiger partial charge in [0.1, 0.15) is 5.82 Å². The predicted octanol–water partition coefficient (Wildman–Crippen LogP) is 1.10. The molecule has 0 atom stereocenters. The van der Waals surface area contributed by atoms with Crippen molar-refractivity contribution in [3.63, 3.8) is 0 Å². The molecule has 2 aromatic rings. The van der Waals surface area contributed by atoms with Gasteiger partial charge in [-0.05, 0) is 18.4 Å². The number of H-pyrrole nitrogens is 1. The third kappa shape index (κ3) is 2.41. The van der Waals surface area contributed by atoms with E-state index in [1.165, 1.54) is 0 Å². The van der Waals surface area contributed by atoms with Crippen molar-refractivity contribution in [2.24, 2.45) is 0 Å². The van der Waals surface area contributed by atoms with Crippen molar-refractivity contribution >= 4 is 17.2 Å². The number of aromatic nitrogens is 3. The van der Waals surface area contributed by atoms with Gasteiger partial charge in [0.05, 0.1) is 6.54 Å². The Hall–Kier alpha value is -1.69. The van der Waals surface area contributed by atoms with Crippen molar-refractivity contribution < 1.29 is 4.79 Å². The lowest BCUT2D eigenvalue weighted by molar-refractivity contribution is 0.0941. The van der Waals surface area contributed by atoms with E-state index in [-0.39, 0.29) is 11.7 Å². The van der Waals surface area contributed by atoms with Crippen LogP contribution in [0.5, 0.6) is 0 Å². The van der Waals surface area contributed by atoms with Gasteiger partial charge in [-0.25, -0.2) is 4.98 Å². The maximum Gasteiger partial charge on any atom is 0.291 e. The number of carbonyl (C=O) groups excluding carboxylic acids is 1. The molecule has 2 rings (SSSR count). The zero-order valence-electron chi connectivity index (χ0n) is 8.15. The normalized spacial score (nSPS) is 10.2. The number of aryl methyl sites for hydroxylation is 1. The first kappa shape index (κ1) is 9.85.